The van der Waals surface area contributed by atoms with Gasteiger partial charge in [-0.05, 0) is 43.4 Å². The van der Waals surface area contributed by atoms with Crippen LogP contribution < -0.4 is 5.32 Å². The van der Waals surface area contributed by atoms with Crippen LogP contribution in [0, 0.1) is 5.92 Å². The molecule has 0 radical (unpaired) electrons. The molecule has 1 atom stereocenters. The number of allylic oxidation sites excluding steroid dienone is 3. The first-order valence-corrected chi connectivity index (χ1v) is 5.48. The highest BCUT2D eigenvalue weighted by Gasteiger charge is 2.22. The molecule has 0 saturated carbocycles. The van der Waals surface area contributed by atoms with Crippen molar-refractivity contribution < 1.29 is 0 Å². The molecule has 2 rings (SSSR count). The molecule has 0 amide bonds. The fourth-order valence-electron chi connectivity index (χ4n) is 2.03. The third-order valence-electron chi connectivity index (χ3n) is 2.78. The lowest BCUT2D eigenvalue weighted by Gasteiger charge is -2.18. The molecule has 1 aliphatic carbocycles. The van der Waals surface area contributed by atoms with Gasteiger partial charge >= 0.3 is 0 Å². The van der Waals surface area contributed by atoms with Crippen LogP contribution in [0.5, 0.6) is 0 Å². The molecule has 1 heterocycles. The van der Waals surface area contributed by atoms with E-state index in [-0.39, 0.29) is 0 Å². The van der Waals surface area contributed by atoms with Crippen molar-refractivity contribution in [1.29, 1.82) is 0 Å². The number of rotatable bonds is 1. The molecule has 13 heavy (non-hydrogen) atoms. The molecular weight excluding hydrogens is 205 g/mol. The minimum absolute atomic E-state index is 0.647. The van der Waals surface area contributed by atoms with Crippen molar-refractivity contribution in [3.8, 4) is 0 Å². The third kappa shape index (κ3) is 2.09. The molecule has 1 saturated heterocycles. The van der Waals surface area contributed by atoms with Crippen LogP contribution in [0.1, 0.15) is 19.3 Å². The van der Waals surface area contributed by atoms with Gasteiger partial charge in [-0.1, -0.05) is 23.2 Å². The zero-order chi connectivity index (χ0) is 9.26. The van der Waals surface area contributed by atoms with Crippen LogP contribution >= 0.6 is 23.2 Å². The highest BCUT2D eigenvalue weighted by atomic mass is 35.5. The van der Waals surface area contributed by atoms with Crippen molar-refractivity contribution in [2.75, 3.05) is 13.1 Å². The Morgan fingerprint density at radius 2 is 2.15 bits per heavy atom. The summed E-state index contributed by atoms with van der Waals surface area (Å²) in [6.07, 6.45) is 5.13. The van der Waals surface area contributed by atoms with Crippen LogP contribution in [0.15, 0.2) is 21.7 Å². The minimum Gasteiger partial charge on any atom is -0.316 e. The van der Waals surface area contributed by atoms with E-state index in [1.165, 1.54) is 12.0 Å². The molecule has 0 aromatic rings. The van der Waals surface area contributed by atoms with Gasteiger partial charge < -0.3 is 5.32 Å². The van der Waals surface area contributed by atoms with Gasteiger partial charge in [-0.3, -0.25) is 0 Å². The molecule has 3 heteroatoms. The highest BCUT2D eigenvalue weighted by Crippen LogP contribution is 2.34. The summed E-state index contributed by atoms with van der Waals surface area (Å²) in [5.41, 5.74) is 1.40. The molecule has 0 aromatic carbocycles. The predicted molar refractivity (Wildman–Crippen MR) is 57.0 cm³/mol. The highest BCUT2D eigenvalue weighted by molar-refractivity contribution is 6.35. The Balaban J connectivity index is 2.17. The Labute approximate surface area is 88.8 Å². The first-order chi connectivity index (χ1) is 6.27. The summed E-state index contributed by atoms with van der Waals surface area (Å²) >= 11 is 12.1. The van der Waals surface area contributed by atoms with Crippen LogP contribution in [0.4, 0.5) is 0 Å². The second-order valence-corrected chi connectivity index (χ2v) is 4.55. The van der Waals surface area contributed by atoms with E-state index in [1.54, 1.807) is 0 Å². The van der Waals surface area contributed by atoms with Gasteiger partial charge in [-0.25, -0.2) is 0 Å². The van der Waals surface area contributed by atoms with Crippen molar-refractivity contribution >= 4 is 23.2 Å². The summed E-state index contributed by atoms with van der Waals surface area (Å²) in [6, 6.07) is 0. The smallest absolute Gasteiger partial charge is 0.0412 e. The Hall–Kier alpha value is 0.0200. The topological polar surface area (TPSA) is 12.0 Å². The molecule has 1 N–H and O–H groups in total. The molecule has 72 valence electrons. The summed E-state index contributed by atoms with van der Waals surface area (Å²) < 4.78 is 0. The van der Waals surface area contributed by atoms with E-state index < -0.39 is 0 Å². The van der Waals surface area contributed by atoms with Crippen LogP contribution in [-0.4, -0.2) is 13.1 Å². The van der Waals surface area contributed by atoms with E-state index in [4.69, 9.17) is 23.2 Å². The van der Waals surface area contributed by atoms with Crippen molar-refractivity contribution in [2.24, 2.45) is 5.92 Å². The van der Waals surface area contributed by atoms with Crippen molar-refractivity contribution in [2.45, 2.75) is 19.3 Å². The monoisotopic (exact) mass is 217 g/mol. The SMILES string of the molecule is ClC1=CC(Cl)=C(C2CCNC2)CC1. The fourth-order valence-corrected chi connectivity index (χ4v) is 2.67. The summed E-state index contributed by atoms with van der Waals surface area (Å²) in [5.74, 6) is 0.647. The first-order valence-electron chi connectivity index (χ1n) is 4.72. The standard InChI is InChI=1S/C10H13Cl2N/c11-8-1-2-9(10(12)5-8)7-3-4-13-6-7/h5,7,13H,1-4,6H2. The van der Waals surface area contributed by atoms with Crippen LogP contribution in [0.25, 0.3) is 0 Å². The maximum Gasteiger partial charge on any atom is 0.0412 e. The average molecular weight is 218 g/mol. The fraction of sp³-hybridized carbons (Fsp3) is 0.600. The summed E-state index contributed by atoms with van der Waals surface area (Å²) in [5, 5.41) is 5.12. The molecule has 1 unspecified atom stereocenters. The number of halogens is 2. The normalized spacial score (nSPS) is 29.4. The van der Waals surface area contributed by atoms with Gasteiger partial charge in [0.25, 0.3) is 0 Å². The largest absolute Gasteiger partial charge is 0.316 e. The molecule has 0 aromatic heterocycles. The molecular formula is C10H13Cl2N. The van der Waals surface area contributed by atoms with Crippen LogP contribution in [-0.2, 0) is 0 Å². The second-order valence-electron chi connectivity index (χ2n) is 3.65. The average Bonchev–Trinajstić information content (AvgIpc) is 2.56. The Kier molecular flexibility index (Phi) is 2.97. The first kappa shape index (κ1) is 9.57. The van der Waals surface area contributed by atoms with Gasteiger partial charge in [-0.15, -0.1) is 0 Å². The van der Waals surface area contributed by atoms with Gasteiger partial charge in [-0.2, -0.15) is 0 Å². The quantitative estimate of drug-likeness (QED) is 0.713. The summed E-state index contributed by atoms with van der Waals surface area (Å²) in [7, 11) is 0. The lowest BCUT2D eigenvalue weighted by molar-refractivity contribution is 0.639. The molecule has 1 aliphatic heterocycles. The van der Waals surface area contributed by atoms with E-state index in [9.17, 15) is 0 Å². The van der Waals surface area contributed by atoms with Crippen molar-refractivity contribution in [3.05, 3.63) is 21.7 Å². The van der Waals surface area contributed by atoms with E-state index in [0.29, 0.717) is 5.92 Å². The summed E-state index contributed by atoms with van der Waals surface area (Å²) in [4.78, 5) is 0. The number of nitrogens with one attached hydrogen (secondary N) is 1. The van der Waals surface area contributed by atoms with Crippen LogP contribution in [0.2, 0.25) is 0 Å². The third-order valence-corrected chi connectivity index (χ3v) is 3.43. The maximum absolute atomic E-state index is 6.15. The molecule has 1 fully saturated rings. The van der Waals surface area contributed by atoms with Crippen LogP contribution in [0.3, 0.4) is 0 Å². The Morgan fingerprint density at radius 3 is 2.77 bits per heavy atom. The second kappa shape index (κ2) is 4.04. The van der Waals surface area contributed by atoms with Gasteiger partial charge in [0.2, 0.25) is 0 Å². The molecule has 2 aliphatic rings. The van der Waals surface area contributed by atoms with E-state index in [2.05, 4.69) is 5.32 Å². The number of hydrogen-bond donors (Lipinski definition) is 1. The van der Waals surface area contributed by atoms with Crippen molar-refractivity contribution in [3.63, 3.8) is 0 Å². The lowest BCUT2D eigenvalue weighted by atomic mass is 9.91. The Bertz CT molecular complexity index is 262. The van der Waals surface area contributed by atoms with Crippen molar-refractivity contribution in [1.82, 2.24) is 5.32 Å². The number of hydrogen-bond acceptors (Lipinski definition) is 1. The van der Waals surface area contributed by atoms with Gasteiger partial charge in [0.15, 0.2) is 0 Å². The van der Waals surface area contributed by atoms with Gasteiger partial charge in [0.05, 0.1) is 0 Å². The zero-order valence-corrected chi connectivity index (χ0v) is 8.96. The maximum atomic E-state index is 6.15. The van der Waals surface area contributed by atoms with Gasteiger partial charge in [0.1, 0.15) is 0 Å². The lowest BCUT2D eigenvalue weighted by Crippen LogP contribution is -2.12. The Morgan fingerprint density at radius 1 is 1.31 bits per heavy atom. The minimum atomic E-state index is 0.647. The van der Waals surface area contributed by atoms with E-state index >= 15 is 0 Å². The zero-order valence-electron chi connectivity index (χ0n) is 7.45. The van der Waals surface area contributed by atoms with E-state index in [0.717, 1.165) is 36.0 Å². The molecule has 0 spiro atoms. The van der Waals surface area contributed by atoms with E-state index in [1.807, 2.05) is 6.08 Å². The summed E-state index contributed by atoms with van der Waals surface area (Å²) in [6.45, 7) is 2.20. The molecule has 0 bridgehead atoms. The predicted octanol–water partition coefficient (Wildman–Crippen LogP) is 3.01. The molecule has 1 nitrogen and oxygen atoms in total. The van der Waals surface area contributed by atoms with Gasteiger partial charge in [0, 0.05) is 16.6 Å².